The first-order valence-electron chi connectivity index (χ1n) is 10.4. The van der Waals surface area contributed by atoms with E-state index in [1.807, 2.05) is 26.0 Å². The molecule has 4 rings (SSSR count). The van der Waals surface area contributed by atoms with Crippen LogP contribution >= 0.6 is 0 Å². The van der Waals surface area contributed by atoms with Crippen molar-refractivity contribution in [3.63, 3.8) is 0 Å². The second-order valence-corrected chi connectivity index (χ2v) is 8.19. The number of benzene rings is 3. The SMILES string of the molecule is Cc1ccc(N[C@@H]2C[C@H](C)N(C(=O)c3cccc([N+](=O)[O-])c3)c3ccc(C)cc32)cc1. The van der Waals surface area contributed by atoms with Crippen molar-refractivity contribution in [1.29, 1.82) is 0 Å². The molecule has 6 nitrogen and oxygen atoms in total. The molecule has 0 bridgehead atoms. The smallest absolute Gasteiger partial charge is 0.270 e. The molecular weight excluding hydrogens is 390 g/mol. The predicted octanol–water partition coefficient (Wildman–Crippen LogP) is 5.80. The largest absolute Gasteiger partial charge is 0.378 e. The van der Waals surface area contributed by atoms with E-state index in [0.29, 0.717) is 5.56 Å². The van der Waals surface area contributed by atoms with Gasteiger partial charge in [0.15, 0.2) is 0 Å². The van der Waals surface area contributed by atoms with Gasteiger partial charge in [-0.1, -0.05) is 41.5 Å². The minimum atomic E-state index is -0.477. The highest BCUT2D eigenvalue weighted by atomic mass is 16.6. The fourth-order valence-corrected chi connectivity index (χ4v) is 4.17. The van der Waals surface area contributed by atoms with Crippen LogP contribution in [0.2, 0.25) is 0 Å². The molecule has 3 aromatic carbocycles. The molecule has 1 amide bonds. The summed E-state index contributed by atoms with van der Waals surface area (Å²) in [7, 11) is 0. The Morgan fingerprint density at radius 2 is 1.74 bits per heavy atom. The number of hydrogen-bond donors (Lipinski definition) is 1. The molecule has 31 heavy (non-hydrogen) atoms. The molecule has 3 aromatic rings. The lowest BCUT2D eigenvalue weighted by Gasteiger charge is -2.40. The van der Waals surface area contributed by atoms with Crippen molar-refractivity contribution in [3.8, 4) is 0 Å². The second kappa shape index (κ2) is 8.22. The Morgan fingerprint density at radius 3 is 2.45 bits per heavy atom. The zero-order chi connectivity index (χ0) is 22.1. The van der Waals surface area contributed by atoms with Gasteiger partial charge in [-0.05, 0) is 57.0 Å². The summed E-state index contributed by atoms with van der Waals surface area (Å²) < 4.78 is 0. The third-order valence-corrected chi connectivity index (χ3v) is 5.75. The van der Waals surface area contributed by atoms with Crippen LogP contribution < -0.4 is 10.2 Å². The van der Waals surface area contributed by atoms with E-state index in [1.165, 1.54) is 17.7 Å². The zero-order valence-electron chi connectivity index (χ0n) is 17.8. The molecule has 0 aliphatic carbocycles. The number of hydrogen-bond acceptors (Lipinski definition) is 4. The molecule has 0 saturated heterocycles. The number of nitro benzene ring substituents is 1. The predicted molar refractivity (Wildman–Crippen MR) is 123 cm³/mol. The first-order chi connectivity index (χ1) is 14.8. The van der Waals surface area contributed by atoms with E-state index in [1.54, 1.807) is 17.0 Å². The number of amides is 1. The summed E-state index contributed by atoms with van der Waals surface area (Å²) in [6.45, 7) is 6.11. The van der Waals surface area contributed by atoms with Crippen molar-refractivity contribution in [2.24, 2.45) is 0 Å². The van der Waals surface area contributed by atoms with Crippen molar-refractivity contribution in [3.05, 3.63) is 99.1 Å². The number of rotatable bonds is 4. The van der Waals surface area contributed by atoms with E-state index >= 15 is 0 Å². The Hall–Kier alpha value is -3.67. The summed E-state index contributed by atoms with van der Waals surface area (Å²) in [5, 5.41) is 14.8. The van der Waals surface area contributed by atoms with Crippen LogP contribution in [0.15, 0.2) is 66.7 Å². The lowest BCUT2D eigenvalue weighted by molar-refractivity contribution is -0.384. The molecule has 0 spiro atoms. The fourth-order valence-electron chi connectivity index (χ4n) is 4.17. The number of non-ortho nitro benzene ring substituents is 1. The van der Waals surface area contributed by atoms with Gasteiger partial charge >= 0.3 is 0 Å². The van der Waals surface area contributed by atoms with Gasteiger partial charge in [0, 0.05) is 35.1 Å². The van der Waals surface area contributed by atoms with Gasteiger partial charge in [-0.15, -0.1) is 0 Å². The maximum absolute atomic E-state index is 13.4. The Balaban J connectivity index is 1.71. The van der Waals surface area contributed by atoms with Crippen LogP contribution in [0.4, 0.5) is 17.1 Å². The molecular formula is C25H25N3O3. The quantitative estimate of drug-likeness (QED) is 0.431. The van der Waals surface area contributed by atoms with E-state index in [9.17, 15) is 14.9 Å². The monoisotopic (exact) mass is 415 g/mol. The summed E-state index contributed by atoms with van der Waals surface area (Å²) in [6.07, 6.45) is 0.727. The molecule has 158 valence electrons. The van der Waals surface area contributed by atoms with E-state index < -0.39 is 4.92 Å². The molecule has 0 unspecified atom stereocenters. The van der Waals surface area contributed by atoms with Crippen LogP contribution in [0.25, 0.3) is 0 Å². The Kier molecular flexibility index (Phi) is 5.46. The fraction of sp³-hybridized carbons (Fsp3) is 0.240. The summed E-state index contributed by atoms with van der Waals surface area (Å²) in [6, 6.07) is 20.3. The van der Waals surface area contributed by atoms with Gasteiger partial charge in [0.25, 0.3) is 11.6 Å². The van der Waals surface area contributed by atoms with Gasteiger partial charge in [0.05, 0.1) is 11.0 Å². The highest BCUT2D eigenvalue weighted by molar-refractivity contribution is 6.07. The van der Waals surface area contributed by atoms with Crippen LogP contribution in [-0.2, 0) is 0 Å². The van der Waals surface area contributed by atoms with Gasteiger partial charge in [-0.3, -0.25) is 14.9 Å². The average molecular weight is 415 g/mol. The minimum Gasteiger partial charge on any atom is -0.378 e. The van der Waals surface area contributed by atoms with Crippen molar-refractivity contribution in [2.45, 2.75) is 39.3 Å². The normalized spacial score (nSPS) is 17.7. The third kappa shape index (κ3) is 4.14. The lowest BCUT2D eigenvalue weighted by atomic mass is 9.89. The molecule has 1 N–H and O–H groups in total. The molecule has 0 fully saturated rings. The molecule has 0 saturated carbocycles. The first kappa shape index (κ1) is 20.6. The van der Waals surface area contributed by atoms with Gasteiger partial charge < -0.3 is 10.2 Å². The number of carbonyl (C=O) groups excluding carboxylic acids is 1. The average Bonchev–Trinajstić information content (AvgIpc) is 2.75. The van der Waals surface area contributed by atoms with Crippen molar-refractivity contribution in [2.75, 3.05) is 10.2 Å². The van der Waals surface area contributed by atoms with Crippen LogP contribution in [-0.4, -0.2) is 16.9 Å². The summed E-state index contributed by atoms with van der Waals surface area (Å²) in [4.78, 5) is 25.9. The molecule has 2 atom stereocenters. The number of nitrogens with zero attached hydrogens (tertiary/aromatic N) is 2. The van der Waals surface area contributed by atoms with E-state index in [-0.39, 0.29) is 23.7 Å². The minimum absolute atomic E-state index is 0.0572. The maximum Gasteiger partial charge on any atom is 0.270 e. The lowest BCUT2D eigenvalue weighted by Crippen LogP contribution is -2.44. The van der Waals surface area contributed by atoms with Crippen molar-refractivity contribution in [1.82, 2.24) is 0 Å². The van der Waals surface area contributed by atoms with Crippen LogP contribution in [0, 0.1) is 24.0 Å². The molecule has 6 heteroatoms. The zero-order valence-corrected chi connectivity index (χ0v) is 17.8. The summed E-state index contributed by atoms with van der Waals surface area (Å²) in [5.41, 5.74) is 5.48. The number of nitro groups is 1. The number of carbonyl (C=O) groups is 1. The van der Waals surface area contributed by atoms with Crippen molar-refractivity contribution >= 4 is 23.0 Å². The van der Waals surface area contributed by atoms with Gasteiger partial charge in [-0.25, -0.2) is 0 Å². The van der Waals surface area contributed by atoms with Crippen LogP contribution in [0.3, 0.4) is 0 Å². The van der Waals surface area contributed by atoms with E-state index in [4.69, 9.17) is 0 Å². The van der Waals surface area contributed by atoms with Crippen molar-refractivity contribution < 1.29 is 9.72 Å². The highest BCUT2D eigenvalue weighted by Crippen LogP contribution is 2.40. The van der Waals surface area contributed by atoms with E-state index in [2.05, 4.69) is 42.6 Å². The Morgan fingerprint density at radius 1 is 1.03 bits per heavy atom. The van der Waals surface area contributed by atoms with Gasteiger partial charge in [0.2, 0.25) is 0 Å². The van der Waals surface area contributed by atoms with Gasteiger partial charge in [-0.2, -0.15) is 0 Å². The number of nitrogens with one attached hydrogen (secondary N) is 1. The third-order valence-electron chi connectivity index (χ3n) is 5.75. The molecule has 1 heterocycles. The highest BCUT2D eigenvalue weighted by Gasteiger charge is 2.34. The Bertz CT molecular complexity index is 1140. The molecule has 1 aliphatic heterocycles. The first-order valence-corrected chi connectivity index (χ1v) is 10.4. The number of aryl methyl sites for hydroxylation is 2. The van der Waals surface area contributed by atoms with Crippen LogP contribution in [0.1, 0.15) is 46.4 Å². The molecule has 0 aromatic heterocycles. The Labute approximate surface area is 181 Å². The topological polar surface area (TPSA) is 75.5 Å². The number of anilines is 2. The summed E-state index contributed by atoms with van der Waals surface area (Å²) in [5.74, 6) is -0.227. The molecule has 0 radical (unpaired) electrons. The van der Waals surface area contributed by atoms with E-state index in [0.717, 1.165) is 28.9 Å². The van der Waals surface area contributed by atoms with Crippen LogP contribution in [0.5, 0.6) is 0 Å². The standard InChI is InChI=1S/C25H25N3O3/c1-16-7-10-20(11-8-16)26-23-14-18(3)27(24-12-9-17(2)13-22(23)24)25(29)19-5-4-6-21(15-19)28(30)31/h4-13,15,18,23,26H,14H2,1-3H3/t18-,23+/m0/s1. The summed E-state index contributed by atoms with van der Waals surface area (Å²) >= 11 is 0. The maximum atomic E-state index is 13.4. The second-order valence-electron chi connectivity index (χ2n) is 8.19. The number of fused-ring (bicyclic) bond motifs is 1. The molecule has 1 aliphatic rings. The van der Waals surface area contributed by atoms with Gasteiger partial charge in [0.1, 0.15) is 0 Å².